The number of benzene rings is 1. The highest BCUT2D eigenvalue weighted by atomic mass is 16.6. The molecule has 0 unspecified atom stereocenters. The molecular formula is C10H13NO2. The van der Waals surface area contributed by atoms with Gasteiger partial charge >= 0.3 is 6.09 Å². The van der Waals surface area contributed by atoms with E-state index in [2.05, 4.69) is 5.32 Å². The summed E-state index contributed by atoms with van der Waals surface area (Å²) in [6, 6.07) is 5.74. The molecule has 0 bridgehead atoms. The van der Waals surface area contributed by atoms with Crippen molar-refractivity contribution in [3.8, 4) is 5.75 Å². The zero-order valence-corrected chi connectivity index (χ0v) is 8.05. The summed E-state index contributed by atoms with van der Waals surface area (Å²) in [6.45, 7) is 3.86. The second kappa shape index (κ2) is 3.94. The van der Waals surface area contributed by atoms with Gasteiger partial charge in [0.25, 0.3) is 0 Å². The molecule has 3 nitrogen and oxygen atoms in total. The van der Waals surface area contributed by atoms with Gasteiger partial charge in [-0.1, -0.05) is 12.1 Å². The van der Waals surface area contributed by atoms with Gasteiger partial charge in [-0.15, -0.1) is 0 Å². The van der Waals surface area contributed by atoms with E-state index >= 15 is 0 Å². The summed E-state index contributed by atoms with van der Waals surface area (Å²) >= 11 is 0. The number of hydrogen-bond donors (Lipinski definition) is 1. The Balaban J connectivity index is 2.87. The summed E-state index contributed by atoms with van der Waals surface area (Å²) in [6.07, 6.45) is -0.436. The number of nitrogens with one attached hydrogen (secondary N) is 1. The zero-order valence-electron chi connectivity index (χ0n) is 8.05. The third-order valence-corrected chi connectivity index (χ3v) is 1.75. The van der Waals surface area contributed by atoms with Crippen molar-refractivity contribution in [2.24, 2.45) is 0 Å². The Kier molecular flexibility index (Phi) is 2.90. The monoisotopic (exact) mass is 179 g/mol. The van der Waals surface area contributed by atoms with Crippen LogP contribution in [0.4, 0.5) is 4.79 Å². The lowest BCUT2D eigenvalue weighted by molar-refractivity contribution is 0.202. The Hall–Kier alpha value is -1.51. The molecule has 0 spiro atoms. The summed E-state index contributed by atoms with van der Waals surface area (Å²) in [5.41, 5.74) is 2.03. The van der Waals surface area contributed by atoms with E-state index < -0.39 is 6.09 Å². The lowest BCUT2D eigenvalue weighted by Gasteiger charge is -2.06. The van der Waals surface area contributed by atoms with E-state index in [1.165, 1.54) is 7.05 Å². The molecule has 0 fully saturated rings. The van der Waals surface area contributed by atoms with Crippen LogP contribution >= 0.6 is 0 Å². The number of rotatable bonds is 1. The maximum atomic E-state index is 10.9. The van der Waals surface area contributed by atoms with Gasteiger partial charge in [0.15, 0.2) is 0 Å². The molecule has 0 saturated heterocycles. The van der Waals surface area contributed by atoms with E-state index in [0.717, 1.165) is 11.1 Å². The highest BCUT2D eigenvalue weighted by Crippen LogP contribution is 2.18. The Morgan fingerprint density at radius 3 is 2.69 bits per heavy atom. The second-order valence-electron chi connectivity index (χ2n) is 2.91. The number of carbonyl (C=O) groups is 1. The van der Waals surface area contributed by atoms with E-state index in [-0.39, 0.29) is 0 Å². The lowest BCUT2D eigenvalue weighted by atomic mass is 10.1. The Morgan fingerprint density at radius 1 is 1.38 bits per heavy atom. The normalized spacial score (nSPS) is 9.46. The molecule has 1 aromatic carbocycles. The van der Waals surface area contributed by atoms with E-state index in [4.69, 9.17) is 4.74 Å². The molecular weight excluding hydrogens is 166 g/mol. The first-order valence-electron chi connectivity index (χ1n) is 4.10. The predicted octanol–water partition coefficient (Wildman–Crippen LogP) is 2.02. The summed E-state index contributed by atoms with van der Waals surface area (Å²) < 4.78 is 5.03. The second-order valence-corrected chi connectivity index (χ2v) is 2.91. The molecule has 1 aromatic rings. The van der Waals surface area contributed by atoms with Crippen LogP contribution in [0.5, 0.6) is 5.75 Å². The van der Waals surface area contributed by atoms with Gasteiger partial charge in [0.2, 0.25) is 0 Å². The third kappa shape index (κ3) is 2.47. The van der Waals surface area contributed by atoms with Crippen molar-refractivity contribution in [1.82, 2.24) is 5.32 Å². The quantitative estimate of drug-likeness (QED) is 0.716. The first-order valence-corrected chi connectivity index (χ1v) is 4.10. The van der Waals surface area contributed by atoms with Gasteiger partial charge < -0.3 is 10.1 Å². The number of aryl methyl sites for hydroxylation is 2. The van der Waals surface area contributed by atoms with Crippen molar-refractivity contribution in [1.29, 1.82) is 0 Å². The summed E-state index contributed by atoms with van der Waals surface area (Å²) in [7, 11) is 1.54. The SMILES string of the molecule is CNC(=O)Oc1cc(C)ccc1C. The number of hydrogen-bond acceptors (Lipinski definition) is 2. The molecule has 0 aliphatic carbocycles. The van der Waals surface area contributed by atoms with Gasteiger partial charge in [-0.2, -0.15) is 0 Å². The predicted molar refractivity (Wildman–Crippen MR) is 51.0 cm³/mol. The maximum Gasteiger partial charge on any atom is 0.412 e. The number of ether oxygens (including phenoxy) is 1. The van der Waals surface area contributed by atoms with Crippen molar-refractivity contribution in [3.05, 3.63) is 29.3 Å². The van der Waals surface area contributed by atoms with Gasteiger partial charge in [0.05, 0.1) is 0 Å². The van der Waals surface area contributed by atoms with Crippen LogP contribution in [-0.2, 0) is 0 Å². The van der Waals surface area contributed by atoms with Gasteiger partial charge in [-0.3, -0.25) is 0 Å². The van der Waals surface area contributed by atoms with E-state index in [1.807, 2.05) is 32.0 Å². The standard InChI is InChI=1S/C10H13NO2/c1-7-4-5-8(2)9(6-7)13-10(12)11-3/h4-6H,1-3H3,(H,11,12). The Morgan fingerprint density at radius 2 is 2.08 bits per heavy atom. The van der Waals surface area contributed by atoms with Crippen molar-refractivity contribution < 1.29 is 9.53 Å². The fraction of sp³-hybridized carbons (Fsp3) is 0.300. The maximum absolute atomic E-state index is 10.9. The van der Waals surface area contributed by atoms with Crippen LogP contribution in [0.2, 0.25) is 0 Å². The van der Waals surface area contributed by atoms with Crippen LogP contribution in [0.15, 0.2) is 18.2 Å². The molecule has 0 saturated carbocycles. The van der Waals surface area contributed by atoms with Gasteiger partial charge in [-0.05, 0) is 31.0 Å². The van der Waals surface area contributed by atoms with Crippen LogP contribution in [0.25, 0.3) is 0 Å². The summed E-state index contributed by atoms with van der Waals surface area (Å²) in [5.74, 6) is 0.611. The van der Waals surface area contributed by atoms with Crippen LogP contribution in [0.1, 0.15) is 11.1 Å². The molecule has 0 aromatic heterocycles. The van der Waals surface area contributed by atoms with E-state index in [9.17, 15) is 4.79 Å². The minimum Gasteiger partial charge on any atom is -0.410 e. The van der Waals surface area contributed by atoms with Crippen molar-refractivity contribution in [2.45, 2.75) is 13.8 Å². The molecule has 1 N–H and O–H groups in total. The van der Waals surface area contributed by atoms with E-state index in [0.29, 0.717) is 5.75 Å². The van der Waals surface area contributed by atoms with Crippen LogP contribution < -0.4 is 10.1 Å². The first kappa shape index (κ1) is 9.58. The van der Waals surface area contributed by atoms with Gasteiger partial charge in [0.1, 0.15) is 5.75 Å². The van der Waals surface area contributed by atoms with Gasteiger partial charge in [-0.25, -0.2) is 4.79 Å². The van der Waals surface area contributed by atoms with Crippen LogP contribution in [0, 0.1) is 13.8 Å². The van der Waals surface area contributed by atoms with Crippen LogP contribution in [0.3, 0.4) is 0 Å². The van der Waals surface area contributed by atoms with Crippen molar-refractivity contribution >= 4 is 6.09 Å². The first-order chi connectivity index (χ1) is 6.13. The number of carbonyl (C=O) groups excluding carboxylic acids is 1. The smallest absolute Gasteiger partial charge is 0.410 e. The van der Waals surface area contributed by atoms with Crippen LogP contribution in [-0.4, -0.2) is 13.1 Å². The average molecular weight is 179 g/mol. The minimum atomic E-state index is -0.436. The van der Waals surface area contributed by atoms with Gasteiger partial charge in [0, 0.05) is 7.05 Å². The third-order valence-electron chi connectivity index (χ3n) is 1.75. The molecule has 3 heteroatoms. The Labute approximate surface area is 77.7 Å². The summed E-state index contributed by atoms with van der Waals surface area (Å²) in [4.78, 5) is 10.9. The minimum absolute atomic E-state index is 0.436. The molecule has 0 atom stereocenters. The largest absolute Gasteiger partial charge is 0.412 e. The lowest BCUT2D eigenvalue weighted by Crippen LogP contribution is -2.22. The van der Waals surface area contributed by atoms with Crippen molar-refractivity contribution in [3.63, 3.8) is 0 Å². The zero-order chi connectivity index (χ0) is 9.84. The molecule has 0 heterocycles. The fourth-order valence-electron chi connectivity index (χ4n) is 0.968. The van der Waals surface area contributed by atoms with Crippen molar-refractivity contribution in [2.75, 3.05) is 7.05 Å². The summed E-state index contributed by atoms with van der Waals surface area (Å²) in [5, 5.41) is 2.40. The topological polar surface area (TPSA) is 38.3 Å². The molecule has 0 aliphatic rings. The molecule has 70 valence electrons. The number of amides is 1. The molecule has 1 amide bonds. The fourth-order valence-corrected chi connectivity index (χ4v) is 0.968. The highest BCUT2D eigenvalue weighted by Gasteiger charge is 2.04. The molecule has 0 radical (unpaired) electrons. The molecule has 13 heavy (non-hydrogen) atoms. The average Bonchev–Trinajstić information content (AvgIpc) is 2.11. The molecule has 0 aliphatic heterocycles. The van der Waals surface area contributed by atoms with E-state index in [1.54, 1.807) is 0 Å². The Bertz CT molecular complexity index is 321. The molecule has 1 rings (SSSR count). The highest BCUT2D eigenvalue weighted by molar-refractivity contribution is 5.70.